The SMILES string of the molecule is CC(C)(C)OC(=O)N1CC(=CCS(=O)(=O)O)C1. The molecule has 1 fully saturated rings. The summed E-state index contributed by atoms with van der Waals surface area (Å²) in [7, 11) is -3.97. The van der Waals surface area contributed by atoms with E-state index in [9.17, 15) is 13.2 Å². The maximum Gasteiger partial charge on any atom is 0.410 e. The minimum absolute atomic E-state index is 0.352. The fraction of sp³-hybridized carbons (Fsp3) is 0.700. The Balaban J connectivity index is 2.39. The number of carbonyl (C=O) groups is 1. The molecule has 17 heavy (non-hydrogen) atoms. The maximum atomic E-state index is 11.5. The van der Waals surface area contributed by atoms with Crippen LogP contribution in [0, 0.1) is 0 Å². The van der Waals surface area contributed by atoms with Crippen molar-refractivity contribution in [3.63, 3.8) is 0 Å². The molecule has 7 heteroatoms. The van der Waals surface area contributed by atoms with E-state index in [1.165, 1.54) is 11.0 Å². The van der Waals surface area contributed by atoms with Gasteiger partial charge in [0.15, 0.2) is 0 Å². The second kappa shape index (κ2) is 4.66. The third-order valence-electron chi connectivity index (χ3n) is 2.02. The summed E-state index contributed by atoms with van der Waals surface area (Å²) in [5.41, 5.74) is 0.263. The lowest BCUT2D eigenvalue weighted by atomic mass is 10.1. The quantitative estimate of drug-likeness (QED) is 0.594. The lowest BCUT2D eigenvalue weighted by Crippen LogP contribution is -2.47. The second-order valence-corrected chi connectivity index (χ2v) is 6.44. The monoisotopic (exact) mass is 263 g/mol. The van der Waals surface area contributed by atoms with E-state index >= 15 is 0 Å². The summed E-state index contributed by atoms with van der Waals surface area (Å²) in [6.07, 6.45) is 0.998. The van der Waals surface area contributed by atoms with Crippen LogP contribution < -0.4 is 0 Å². The van der Waals surface area contributed by atoms with E-state index in [2.05, 4.69) is 0 Å². The van der Waals surface area contributed by atoms with E-state index in [-0.39, 0.29) is 0 Å². The van der Waals surface area contributed by atoms with Gasteiger partial charge in [0.2, 0.25) is 0 Å². The molecule has 0 aromatic rings. The highest BCUT2D eigenvalue weighted by Gasteiger charge is 2.29. The van der Waals surface area contributed by atoms with Crippen molar-refractivity contribution >= 4 is 16.2 Å². The Morgan fingerprint density at radius 3 is 2.41 bits per heavy atom. The first kappa shape index (κ1) is 14.0. The van der Waals surface area contributed by atoms with Crippen LogP contribution in [0.4, 0.5) is 4.79 Å². The number of hydrogen-bond donors (Lipinski definition) is 1. The summed E-state index contributed by atoms with van der Waals surface area (Å²) >= 11 is 0. The molecule has 1 heterocycles. The minimum atomic E-state index is -3.97. The van der Waals surface area contributed by atoms with Crippen LogP contribution in [0.3, 0.4) is 0 Å². The van der Waals surface area contributed by atoms with Gasteiger partial charge in [-0.15, -0.1) is 0 Å². The summed E-state index contributed by atoms with van der Waals surface area (Å²) in [6.45, 7) is 6.04. The van der Waals surface area contributed by atoms with Gasteiger partial charge in [-0.05, 0) is 26.3 Å². The van der Waals surface area contributed by atoms with Crippen LogP contribution in [0.5, 0.6) is 0 Å². The Labute approximate surface area is 101 Å². The molecule has 0 bridgehead atoms. The van der Waals surface area contributed by atoms with Crippen molar-refractivity contribution in [2.45, 2.75) is 26.4 Å². The topological polar surface area (TPSA) is 83.9 Å². The molecule has 0 spiro atoms. The number of likely N-dealkylation sites (tertiary alicyclic amines) is 1. The van der Waals surface area contributed by atoms with Gasteiger partial charge in [0.25, 0.3) is 10.1 Å². The first-order chi connectivity index (χ1) is 7.57. The van der Waals surface area contributed by atoms with E-state index in [1.807, 2.05) is 0 Å². The summed E-state index contributed by atoms with van der Waals surface area (Å²) in [4.78, 5) is 13.0. The van der Waals surface area contributed by atoms with Gasteiger partial charge in [-0.25, -0.2) is 4.79 Å². The Hall–Kier alpha value is -1.08. The predicted octanol–water partition coefficient (Wildman–Crippen LogP) is 1.05. The zero-order valence-corrected chi connectivity index (χ0v) is 11.0. The fourth-order valence-corrected chi connectivity index (χ4v) is 1.70. The molecule has 0 unspecified atom stereocenters. The van der Waals surface area contributed by atoms with Gasteiger partial charge in [0.05, 0.1) is 5.75 Å². The molecule has 0 radical (unpaired) electrons. The van der Waals surface area contributed by atoms with Crippen molar-refractivity contribution in [2.75, 3.05) is 18.8 Å². The molecule has 1 aliphatic heterocycles. The van der Waals surface area contributed by atoms with Gasteiger partial charge >= 0.3 is 6.09 Å². The van der Waals surface area contributed by atoms with Crippen LogP contribution in [0.15, 0.2) is 11.6 Å². The number of carbonyl (C=O) groups excluding carboxylic acids is 1. The number of amides is 1. The summed E-state index contributed by atoms with van der Waals surface area (Å²) in [5.74, 6) is -0.412. The summed E-state index contributed by atoms with van der Waals surface area (Å²) in [5, 5.41) is 0. The lowest BCUT2D eigenvalue weighted by Gasteiger charge is -2.35. The number of nitrogens with zero attached hydrogens (tertiary/aromatic N) is 1. The third-order valence-corrected chi connectivity index (χ3v) is 2.61. The molecule has 98 valence electrons. The number of hydrogen-bond acceptors (Lipinski definition) is 4. The van der Waals surface area contributed by atoms with Crippen molar-refractivity contribution in [1.82, 2.24) is 4.90 Å². The Morgan fingerprint density at radius 2 is 2.00 bits per heavy atom. The second-order valence-electron chi connectivity index (χ2n) is 4.95. The lowest BCUT2D eigenvalue weighted by molar-refractivity contribution is 0.0214. The van der Waals surface area contributed by atoms with Crippen LogP contribution in [-0.4, -0.2) is 48.4 Å². The van der Waals surface area contributed by atoms with E-state index in [1.54, 1.807) is 20.8 Å². The number of rotatable bonds is 2. The van der Waals surface area contributed by atoms with Crippen LogP contribution >= 0.6 is 0 Å². The molecule has 1 N–H and O–H groups in total. The van der Waals surface area contributed by atoms with Gasteiger partial charge < -0.3 is 9.64 Å². The van der Waals surface area contributed by atoms with Gasteiger partial charge in [-0.2, -0.15) is 8.42 Å². The predicted molar refractivity (Wildman–Crippen MR) is 62.3 cm³/mol. The van der Waals surface area contributed by atoms with E-state index in [0.717, 1.165) is 5.57 Å². The van der Waals surface area contributed by atoms with E-state index in [4.69, 9.17) is 9.29 Å². The first-order valence-corrected chi connectivity index (χ1v) is 6.79. The van der Waals surface area contributed by atoms with E-state index < -0.39 is 27.6 Å². The molecular formula is C10H17NO5S. The molecule has 1 saturated heterocycles. The maximum absolute atomic E-state index is 11.5. The highest BCUT2D eigenvalue weighted by molar-refractivity contribution is 7.85. The van der Waals surface area contributed by atoms with Gasteiger partial charge in [0, 0.05) is 13.1 Å². The highest BCUT2D eigenvalue weighted by Crippen LogP contribution is 2.18. The fourth-order valence-electron chi connectivity index (χ4n) is 1.25. The number of ether oxygens (including phenoxy) is 1. The molecule has 0 aliphatic carbocycles. The standard InChI is InChI=1S/C10H17NO5S/c1-10(2,3)16-9(12)11-6-8(7-11)4-5-17(13,14)15/h4H,5-7H2,1-3H3,(H,13,14,15). The van der Waals surface area contributed by atoms with Crippen LogP contribution in [0.1, 0.15) is 20.8 Å². The third kappa shape index (κ3) is 5.18. The van der Waals surface area contributed by atoms with Crippen molar-refractivity contribution in [2.24, 2.45) is 0 Å². The highest BCUT2D eigenvalue weighted by atomic mass is 32.2. The molecule has 0 aromatic heterocycles. The molecule has 1 amide bonds. The largest absolute Gasteiger partial charge is 0.444 e. The molecule has 0 saturated carbocycles. The van der Waals surface area contributed by atoms with Crippen molar-refractivity contribution in [3.8, 4) is 0 Å². The Morgan fingerprint density at radius 1 is 1.47 bits per heavy atom. The summed E-state index contributed by atoms with van der Waals surface area (Å²) in [6, 6.07) is 0. The Kier molecular flexibility index (Phi) is 3.83. The van der Waals surface area contributed by atoms with Crippen LogP contribution in [0.2, 0.25) is 0 Å². The van der Waals surface area contributed by atoms with Crippen molar-refractivity contribution in [3.05, 3.63) is 11.6 Å². The molecule has 0 atom stereocenters. The molecule has 6 nitrogen and oxygen atoms in total. The van der Waals surface area contributed by atoms with Gasteiger partial charge in [-0.1, -0.05) is 6.08 Å². The van der Waals surface area contributed by atoms with Crippen LogP contribution in [0.25, 0.3) is 0 Å². The Bertz CT molecular complexity index is 424. The van der Waals surface area contributed by atoms with Crippen molar-refractivity contribution < 1.29 is 22.5 Å². The molecule has 0 aromatic carbocycles. The van der Waals surface area contributed by atoms with E-state index in [0.29, 0.717) is 13.1 Å². The normalized spacial score (nSPS) is 16.5. The minimum Gasteiger partial charge on any atom is -0.444 e. The molecular weight excluding hydrogens is 246 g/mol. The molecule has 1 rings (SSSR count). The van der Waals surface area contributed by atoms with Crippen molar-refractivity contribution in [1.29, 1.82) is 0 Å². The molecule has 1 aliphatic rings. The smallest absolute Gasteiger partial charge is 0.410 e. The zero-order chi connectivity index (χ0) is 13.3. The van der Waals surface area contributed by atoms with Gasteiger partial charge in [-0.3, -0.25) is 4.55 Å². The average molecular weight is 263 g/mol. The van der Waals surface area contributed by atoms with Gasteiger partial charge in [0.1, 0.15) is 5.60 Å². The average Bonchev–Trinajstić information content (AvgIpc) is 1.94. The summed E-state index contributed by atoms with van der Waals surface area (Å²) < 4.78 is 34.6. The first-order valence-electron chi connectivity index (χ1n) is 5.18. The van der Waals surface area contributed by atoms with Crippen LogP contribution in [-0.2, 0) is 14.9 Å². The zero-order valence-electron chi connectivity index (χ0n) is 10.1.